The normalized spacial score (nSPS) is 30.2. The highest BCUT2D eigenvalue weighted by molar-refractivity contribution is 5.11. The van der Waals surface area contributed by atoms with Crippen LogP contribution >= 0.6 is 0 Å². The molecule has 0 bridgehead atoms. The molecule has 1 saturated heterocycles. The van der Waals surface area contributed by atoms with E-state index >= 15 is 0 Å². The van der Waals surface area contributed by atoms with Gasteiger partial charge in [0.25, 0.3) is 0 Å². The van der Waals surface area contributed by atoms with Gasteiger partial charge in [-0.25, -0.2) is 4.98 Å². The SMILES string of the molecule is Cn1nc(C2CCCC2)nc1C1(C)CCCN1. The van der Waals surface area contributed by atoms with Gasteiger partial charge in [-0.3, -0.25) is 4.68 Å². The van der Waals surface area contributed by atoms with Gasteiger partial charge in [0.1, 0.15) is 5.82 Å². The summed E-state index contributed by atoms with van der Waals surface area (Å²) in [7, 11) is 2.03. The minimum Gasteiger partial charge on any atom is -0.305 e. The first-order chi connectivity index (χ1) is 8.19. The lowest BCUT2D eigenvalue weighted by atomic mass is 9.99. The second-order valence-corrected chi connectivity index (χ2v) is 5.76. The second-order valence-electron chi connectivity index (χ2n) is 5.76. The molecule has 4 nitrogen and oxygen atoms in total. The van der Waals surface area contributed by atoms with Crippen LogP contribution in [0.1, 0.15) is 63.0 Å². The van der Waals surface area contributed by atoms with E-state index in [4.69, 9.17) is 4.98 Å². The molecule has 2 fully saturated rings. The number of nitrogens with one attached hydrogen (secondary N) is 1. The van der Waals surface area contributed by atoms with Crippen LogP contribution in [0.3, 0.4) is 0 Å². The smallest absolute Gasteiger partial charge is 0.154 e. The predicted octanol–water partition coefficient (Wildman–Crippen LogP) is 2.07. The third-order valence-electron chi connectivity index (χ3n) is 4.36. The lowest BCUT2D eigenvalue weighted by Gasteiger charge is -2.22. The number of aryl methyl sites for hydroxylation is 1. The zero-order valence-corrected chi connectivity index (χ0v) is 10.9. The van der Waals surface area contributed by atoms with Gasteiger partial charge in [0, 0.05) is 13.0 Å². The van der Waals surface area contributed by atoms with E-state index in [1.165, 1.54) is 38.5 Å². The van der Waals surface area contributed by atoms with E-state index in [0.29, 0.717) is 5.92 Å². The van der Waals surface area contributed by atoms with E-state index in [2.05, 4.69) is 17.3 Å². The molecule has 1 atom stereocenters. The molecular formula is C13H22N4. The summed E-state index contributed by atoms with van der Waals surface area (Å²) >= 11 is 0. The number of hydrogen-bond donors (Lipinski definition) is 1. The van der Waals surface area contributed by atoms with Crippen molar-refractivity contribution in [1.82, 2.24) is 20.1 Å². The van der Waals surface area contributed by atoms with Gasteiger partial charge < -0.3 is 5.32 Å². The first-order valence-corrected chi connectivity index (χ1v) is 6.85. The van der Waals surface area contributed by atoms with Gasteiger partial charge in [0.2, 0.25) is 0 Å². The number of nitrogens with zero attached hydrogens (tertiary/aromatic N) is 3. The molecule has 1 aromatic rings. The molecule has 3 rings (SSSR count). The number of hydrogen-bond acceptors (Lipinski definition) is 3. The topological polar surface area (TPSA) is 42.7 Å². The molecule has 94 valence electrons. The highest BCUT2D eigenvalue weighted by atomic mass is 15.4. The van der Waals surface area contributed by atoms with E-state index in [1.807, 2.05) is 11.7 Å². The minimum atomic E-state index is 0.0403. The Hall–Kier alpha value is -0.900. The van der Waals surface area contributed by atoms with Gasteiger partial charge >= 0.3 is 0 Å². The number of rotatable bonds is 2. The van der Waals surface area contributed by atoms with Gasteiger partial charge in [0.15, 0.2) is 5.82 Å². The minimum absolute atomic E-state index is 0.0403. The fourth-order valence-electron chi connectivity index (χ4n) is 3.33. The van der Waals surface area contributed by atoms with Crippen LogP contribution in [-0.2, 0) is 12.6 Å². The summed E-state index contributed by atoms with van der Waals surface area (Å²) in [6.45, 7) is 3.35. The summed E-state index contributed by atoms with van der Waals surface area (Å²) in [6.07, 6.45) is 7.63. The summed E-state index contributed by atoms with van der Waals surface area (Å²) in [6, 6.07) is 0. The third-order valence-corrected chi connectivity index (χ3v) is 4.36. The van der Waals surface area contributed by atoms with Crippen LogP contribution in [0.2, 0.25) is 0 Å². The fourth-order valence-corrected chi connectivity index (χ4v) is 3.33. The van der Waals surface area contributed by atoms with E-state index in [1.54, 1.807) is 0 Å². The third kappa shape index (κ3) is 1.88. The second kappa shape index (κ2) is 4.09. The van der Waals surface area contributed by atoms with E-state index in [-0.39, 0.29) is 5.54 Å². The van der Waals surface area contributed by atoms with Crippen molar-refractivity contribution in [3.63, 3.8) is 0 Å². The number of aromatic nitrogens is 3. The van der Waals surface area contributed by atoms with Crippen LogP contribution < -0.4 is 5.32 Å². The van der Waals surface area contributed by atoms with Crippen LogP contribution in [-0.4, -0.2) is 21.3 Å². The fraction of sp³-hybridized carbons (Fsp3) is 0.846. The molecule has 1 aromatic heterocycles. The lowest BCUT2D eigenvalue weighted by molar-refractivity contribution is 0.388. The Labute approximate surface area is 103 Å². The average Bonchev–Trinajstić information content (AvgIpc) is 2.97. The Morgan fingerprint density at radius 3 is 2.71 bits per heavy atom. The van der Waals surface area contributed by atoms with Crippen molar-refractivity contribution in [2.45, 2.75) is 56.9 Å². The molecule has 2 aliphatic rings. The van der Waals surface area contributed by atoms with E-state index in [9.17, 15) is 0 Å². The van der Waals surface area contributed by atoms with Crippen LogP contribution in [0.25, 0.3) is 0 Å². The van der Waals surface area contributed by atoms with Gasteiger partial charge in [-0.05, 0) is 39.2 Å². The van der Waals surface area contributed by atoms with Gasteiger partial charge in [-0.2, -0.15) is 5.10 Å². The van der Waals surface area contributed by atoms with Crippen molar-refractivity contribution in [2.24, 2.45) is 7.05 Å². The molecule has 1 N–H and O–H groups in total. The molecule has 0 radical (unpaired) electrons. The van der Waals surface area contributed by atoms with E-state index < -0.39 is 0 Å². The van der Waals surface area contributed by atoms with Crippen LogP contribution in [0.5, 0.6) is 0 Å². The maximum atomic E-state index is 4.83. The van der Waals surface area contributed by atoms with Crippen molar-refractivity contribution in [1.29, 1.82) is 0 Å². The Kier molecular flexibility index (Phi) is 2.69. The average molecular weight is 234 g/mol. The van der Waals surface area contributed by atoms with Crippen molar-refractivity contribution in [2.75, 3.05) is 6.54 Å². The molecule has 1 aliphatic heterocycles. The molecule has 2 heterocycles. The van der Waals surface area contributed by atoms with E-state index in [0.717, 1.165) is 18.2 Å². The molecular weight excluding hydrogens is 212 g/mol. The first-order valence-electron chi connectivity index (χ1n) is 6.85. The maximum Gasteiger partial charge on any atom is 0.154 e. The van der Waals surface area contributed by atoms with Gasteiger partial charge in [0.05, 0.1) is 5.54 Å². The zero-order valence-electron chi connectivity index (χ0n) is 10.9. The standard InChI is InChI=1S/C13H22N4/c1-13(8-5-9-14-13)12-15-11(16-17(12)2)10-6-3-4-7-10/h10,14H,3-9H2,1-2H3. The molecule has 0 spiro atoms. The van der Waals surface area contributed by atoms with Crippen LogP contribution in [0.15, 0.2) is 0 Å². The largest absolute Gasteiger partial charge is 0.305 e. The van der Waals surface area contributed by atoms with Gasteiger partial charge in [-0.1, -0.05) is 12.8 Å². The monoisotopic (exact) mass is 234 g/mol. The zero-order chi connectivity index (χ0) is 11.9. The lowest BCUT2D eigenvalue weighted by Crippen LogP contribution is -2.36. The molecule has 1 unspecified atom stereocenters. The van der Waals surface area contributed by atoms with Gasteiger partial charge in [-0.15, -0.1) is 0 Å². The Morgan fingerprint density at radius 2 is 2.06 bits per heavy atom. The Balaban J connectivity index is 1.89. The molecule has 1 saturated carbocycles. The van der Waals surface area contributed by atoms with Crippen molar-refractivity contribution in [3.05, 3.63) is 11.6 Å². The first kappa shape index (κ1) is 11.2. The summed E-state index contributed by atoms with van der Waals surface area (Å²) in [5, 5.41) is 8.22. The molecule has 4 heteroatoms. The quantitative estimate of drug-likeness (QED) is 0.852. The molecule has 1 aliphatic carbocycles. The molecule has 17 heavy (non-hydrogen) atoms. The van der Waals surface area contributed by atoms with Crippen molar-refractivity contribution < 1.29 is 0 Å². The van der Waals surface area contributed by atoms with Crippen LogP contribution in [0, 0.1) is 0 Å². The summed E-state index contributed by atoms with van der Waals surface area (Å²) in [5.41, 5.74) is 0.0403. The summed E-state index contributed by atoms with van der Waals surface area (Å²) in [5.74, 6) is 2.81. The summed E-state index contributed by atoms with van der Waals surface area (Å²) < 4.78 is 1.99. The van der Waals surface area contributed by atoms with Crippen molar-refractivity contribution in [3.8, 4) is 0 Å². The Morgan fingerprint density at radius 1 is 1.29 bits per heavy atom. The van der Waals surface area contributed by atoms with Crippen LogP contribution in [0.4, 0.5) is 0 Å². The molecule has 0 aromatic carbocycles. The highest BCUT2D eigenvalue weighted by Gasteiger charge is 2.35. The predicted molar refractivity (Wildman–Crippen MR) is 66.8 cm³/mol. The Bertz CT molecular complexity index is 398. The van der Waals surface area contributed by atoms with Crippen molar-refractivity contribution >= 4 is 0 Å². The molecule has 0 amide bonds. The maximum absolute atomic E-state index is 4.83. The summed E-state index contributed by atoms with van der Waals surface area (Å²) in [4.78, 5) is 4.83. The highest BCUT2D eigenvalue weighted by Crippen LogP contribution is 2.34.